The summed E-state index contributed by atoms with van der Waals surface area (Å²) in [5, 5.41) is 12.4. The molecule has 0 radical (unpaired) electrons. The fourth-order valence-electron chi connectivity index (χ4n) is 1.26. The topological polar surface area (TPSA) is 52.6 Å². The fourth-order valence-corrected chi connectivity index (χ4v) is 1.85. The average molecular weight is 234 g/mol. The lowest BCUT2D eigenvalue weighted by Gasteiger charge is -2.27. The third-order valence-electron chi connectivity index (χ3n) is 1.76. The van der Waals surface area contributed by atoms with Crippen LogP contribution < -0.4 is 5.32 Å². The molecule has 0 aromatic carbocycles. The summed E-state index contributed by atoms with van der Waals surface area (Å²) in [7, 11) is 1.68. The highest BCUT2D eigenvalue weighted by Gasteiger charge is 2.19. The first-order chi connectivity index (χ1) is 6.76. The van der Waals surface area contributed by atoms with E-state index in [9.17, 15) is 9.90 Å². The number of hydrogen-bond donors (Lipinski definition) is 2. The summed E-state index contributed by atoms with van der Waals surface area (Å²) in [6.45, 7) is 5.65. The zero-order chi connectivity index (χ0) is 12.1. The van der Waals surface area contributed by atoms with E-state index in [-0.39, 0.29) is 12.1 Å². The van der Waals surface area contributed by atoms with E-state index >= 15 is 0 Å². The molecular formula is C10H22N2O2S. The van der Waals surface area contributed by atoms with E-state index < -0.39 is 5.60 Å². The standard InChI is InChI=1S/C10H22N2O2S/c1-8(6-15-5)11-9(13)12(4)7-10(2,3)14/h8,14H,6-7H2,1-5H3,(H,11,13). The monoisotopic (exact) mass is 234 g/mol. The molecule has 90 valence electrons. The van der Waals surface area contributed by atoms with Crippen LogP contribution in [0, 0.1) is 0 Å². The predicted molar refractivity (Wildman–Crippen MR) is 65.3 cm³/mol. The summed E-state index contributed by atoms with van der Waals surface area (Å²) >= 11 is 1.69. The maximum Gasteiger partial charge on any atom is 0.317 e. The Kier molecular flexibility index (Phi) is 6.05. The number of amides is 2. The van der Waals surface area contributed by atoms with Crippen molar-refractivity contribution in [1.29, 1.82) is 0 Å². The molecule has 1 atom stereocenters. The summed E-state index contributed by atoms with van der Waals surface area (Å²) < 4.78 is 0. The lowest BCUT2D eigenvalue weighted by Crippen LogP contribution is -2.47. The molecule has 0 rings (SSSR count). The molecule has 0 saturated heterocycles. The molecule has 0 aliphatic carbocycles. The van der Waals surface area contributed by atoms with Crippen molar-refractivity contribution in [2.45, 2.75) is 32.4 Å². The Labute approximate surface area is 96.4 Å². The minimum atomic E-state index is -0.852. The van der Waals surface area contributed by atoms with Gasteiger partial charge in [0.05, 0.1) is 12.1 Å². The van der Waals surface area contributed by atoms with Gasteiger partial charge in [0.1, 0.15) is 0 Å². The van der Waals surface area contributed by atoms with Gasteiger partial charge in [0, 0.05) is 18.8 Å². The number of carbonyl (C=O) groups is 1. The molecule has 1 unspecified atom stereocenters. The highest BCUT2D eigenvalue weighted by Crippen LogP contribution is 2.04. The van der Waals surface area contributed by atoms with Gasteiger partial charge in [0.15, 0.2) is 0 Å². The number of rotatable bonds is 5. The van der Waals surface area contributed by atoms with Crippen molar-refractivity contribution in [2.24, 2.45) is 0 Å². The normalized spacial score (nSPS) is 13.5. The second kappa shape index (κ2) is 6.23. The van der Waals surface area contributed by atoms with Crippen LogP contribution in [0.15, 0.2) is 0 Å². The Bertz CT molecular complexity index is 204. The minimum Gasteiger partial charge on any atom is -0.389 e. The third-order valence-corrected chi connectivity index (χ3v) is 2.59. The number of thioether (sulfide) groups is 1. The van der Waals surface area contributed by atoms with Crippen molar-refractivity contribution >= 4 is 17.8 Å². The van der Waals surface area contributed by atoms with Crippen molar-refractivity contribution < 1.29 is 9.90 Å². The van der Waals surface area contributed by atoms with Crippen LogP contribution in [-0.2, 0) is 0 Å². The van der Waals surface area contributed by atoms with Crippen LogP contribution in [0.3, 0.4) is 0 Å². The molecule has 0 saturated carbocycles. The number of hydrogen-bond acceptors (Lipinski definition) is 3. The smallest absolute Gasteiger partial charge is 0.317 e. The van der Waals surface area contributed by atoms with Gasteiger partial charge in [-0.25, -0.2) is 4.79 Å². The highest BCUT2D eigenvalue weighted by molar-refractivity contribution is 7.98. The molecule has 0 heterocycles. The molecule has 0 fully saturated rings. The molecule has 0 aliphatic rings. The predicted octanol–water partition coefficient (Wildman–Crippen LogP) is 1.15. The van der Waals surface area contributed by atoms with Gasteiger partial charge in [-0.2, -0.15) is 11.8 Å². The van der Waals surface area contributed by atoms with Crippen LogP contribution in [0.1, 0.15) is 20.8 Å². The molecule has 5 heteroatoms. The molecule has 15 heavy (non-hydrogen) atoms. The Balaban J connectivity index is 3.99. The Morgan fingerprint density at radius 2 is 2.13 bits per heavy atom. The maximum atomic E-state index is 11.6. The number of nitrogens with zero attached hydrogens (tertiary/aromatic N) is 1. The number of nitrogens with one attached hydrogen (secondary N) is 1. The summed E-state index contributed by atoms with van der Waals surface area (Å²) in [6, 6.07) is 0.00966. The molecule has 2 N–H and O–H groups in total. The average Bonchev–Trinajstić information content (AvgIpc) is 2.00. The largest absolute Gasteiger partial charge is 0.389 e. The number of aliphatic hydroxyl groups is 1. The van der Waals surface area contributed by atoms with E-state index in [4.69, 9.17) is 0 Å². The molecule has 0 aromatic heterocycles. The molecule has 0 aliphatic heterocycles. The molecule has 0 bridgehead atoms. The van der Waals surface area contributed by atoms with Crippen LogP contribution >= 0.6 is 11.8 Å². The zero-order valence-electron chi connectivity index (χ0n) is 10.2. The van der Waals surface area contributed by atoms with Gasteiger partial charge in [-0.15, -0.1) is 0 Å². The van der Waals surface area contributed by atoms with Crippen LogP contribution in [0.4, 0.5) is 4.79 Å². The number of carbonyl (C=O) groups excluding carboxylic acids is 1. The van der Waals surface area contributed by atoms with E-state index in [1.54, 1.807) is 32.7 Å². The maximum absolute atomic E-state index is 11.6. The van der Waals surface area contributed by atoms with Gasteiger partial charge in [0.25, 0.3) is 0 Å². The van der Waals surface area contributed by atoms with Gasteiger partial charge in [-0.1, -0.05) is 0 Å². The van der Waals surface area contributed by atoms with Crippen molar-refractivity contribution in [1.82, 2.24) is 10.2 Å². The minimum absolute atomic E-state index is 0.140. The molecular weight excluding hydrogens is 212 g/mol. The van der Waals surface area contributed by atoms with Crippen molar-refractivity contribution in [3.05, 3.63) is 0 Å². The van der Waals surface area contributed by atoms with Gasteiger partial charge < -0.3 is 15.3 Å². The third kappa shape index (κ3) is 7.50. The van der Waals surface area contributed by atoms with Gasteiger partial charge in [-0.3, -0.25) is 0 Å². The first-order valence-electron chi connectivity index (χ1n) is 4.99. The van der Waals surface area contributed by atoms with E-state index in [1.165, 1.54) is 4.90 Å². The van der Waals surface area contributed by atoms with E-state index in [0.717, 1.165) is 5.75 Å². The second-order valence-electron chi connectivity index (χ2n) is 4.47. The highest BCUT2D eigenvalue weighted by atomic mass is 32.2. The zero-order valence-corrected chi connectivity index (χ0v) is 11.0. The summed E-state index contributed by atoms with van der Waals surface area (Å²) in [5.41, 5.74) is -0.852. The van der Waals surface area contributed by atoms with Crippen LogP contribution in [0.5, 0.6) is 0 Å². The number of urea groups is 1. The van der Waals surface area contributed by atoms with Gasteiger partial charge >= 0.3 is 6.03 Å². The number of likely N-dealkylation sites (N-methyl/N-ethyl adjacent to an activating group) is 1. The first kappa shape index (κ1) is 14.6. The van der Waals surface area contributed by atoms with E-state index in [2.05, 4.69) is 5.32 Å². The first-order valence-corrected chi connectivity index (χ1v) is 6.38. The quantitative estimate of drug-likeness (QED) is 0.750. The van der Waals surface area contributed by atoms with Gasteiger partial charge in [0.2, 0.25) is 0 Å². The summed E-state index contributed by atoms with van der Waals surface area (Å²) in [4.78, 5) is 13.1. The van der Waals surface area contributed by atoms with Gasteiger partial charge in [-0.05, 0) is 27.0 Å². The molecule has 2 amide bonds. The molecule has 4 nitrogen and oxygen atoms in total. The van der Waals surface area contributed by atoms with E-state index in [1.807, 2.05) is 13.2 Å². The summed E-state index contributed by atoms with van der Waals surface area (Å²) in [5.74, 6) is 0.891. The fraction of sp³-hybridized carbons (Fsp3) is 0.900. The van der Waals surface area contributed by atoms with Crippen molar-refractivity contribution in [2.75, 3.05) is 25.6 Å². The van der Waals surface area contributed by atoms with Crippen LogP contribution in [0.25, 0.3) is 0 Å². The Hall–Kier alpha value is -0.420. The van der Waals surface area contributed by atoms with E-state index in [0.29, 0.717) is 6.54 Å². The van der Waals surface area contributed by atoms with Crippen molar-refractivity contribution in [3.63, 3.8) is 0 Å². The SMILES string of the molecule is CSCC(C)NC(=O)N(C)CC(C)(C)O. The Morgan fingerprint density at radius 3 is 2.53 bits per heavy atom. The second-order valence-corrected chi connectivity index (χ2v) is 5.39. The van der Waals surface area contributed by atoms with Crippen LogP contribution in [-0.4, -0.2) is 53.3 Å². The molecule has 0 spiro atoms. The van der Waals surface area contributed by atoms with Crippen LogP contribution in [0.2, 0.25) is 0 Å². The molecule has 0 aromatic rings. The van der Waals surface area contributed by atoms with Crippen molar-refractivity contribution in [3.8, 4) is 0 Å². The lowest BCUT2D eigenvalue weighted by atomic mass is 10.1. The Morgan fingerprint density at radius 1 is 1.60 bits per heavy atom. The summed E-state index contributed by atoms with van der Waals surface area (Å²) in [6.07, 6.45) is 2.00. The lowest BCUT2D eigenvalue weighted by molar-refractivity contribution is 0.0529.